The molecule has 21 heavy (non-hydrogen) atoms. The first-order valence-electron chi connectivity index (χ1n) is 5.41. The van der Waals surface area contributed by atoms with Crippen molar-refractivity contribution in [1.82, 2.24) is 4.98 Å². The van der Waals surface area contributed by atoms with Crippen LogP contribution in [0.25, 0.3) is 0 Å². The highest BCUT2D eigenvalue weighted by Crippen LogP contribution is 2.32. The van der Waals surface area contributed by atoms with Crippen molar-refractivity contribution in [2.75, 3.05) is 4.72 Å². The van der Waals surface area contributed by atoms with Gasteiger partial charge in [-0.1, -0.05) is 0 Å². The molecule has 0 unspecified atom stereocenters. The van der Waals surface area contributed by atoms with Crippen LogP contribution in [0.1, 0.15) is 11.3 Å². The average Bonchev–Trinajstić information content (AvgIpc) is 2.69. The van der Waals surface area contributed by atoms with Gasteiger partial charge < -0.3 is 0 Å². The number of nitrogens with one attached hydrogen (secondary N) is 1. The third-order valence-corrected chi connectivity index (χ3v) is 6.40. The van der Waals surface area contributed by atoms with Gasteiger partial charge in [0.2, 0.25) is 0 Å². The first kappa shape index (κ1) is 16.2. The maximum atomic E-state index is 12.4. The molecular formula is C11H8BrF3N2O2S2. The Bertz CT molecular complexity index is 735. The summed E-state index contributed by atoms with van der Waals surface area (Å²) in [6.07, 6.45) is -3.73. The first-order chi connectivity index (χ1) is 9.59. The molecule has 2 aromatic heterocycles. The number of pyridine rings is 1. The van der Waals surface area contributed by atoms with Crippen molar-refractivity contribution in [3.8, 4) is 0 Å². The van der Waals surface area contributed by atoms with E-state index in [4.69, 9.17) is 0 Å². The van der Waals surface area contributed by atoms with E-state index in [1.165, 1.54) is 6.07 Å². The highest BCUT2D eigenvalue weighted by Gasteiger charge is 2.32. The monoisotopic (exact) mass is 400 g/mol. The van der Waals surface area contributed by atoms with E-state index in [-0.39, 0.29) is 9.90 Å². The van der Waals surface area contributed by atoms with Gasteiger partial charge in [0.15, 0.2) is 0 Å². The normalized spacial score (nSPS) is 12.4. The Morgan fingerprint density at radius 1 is 1.33 bits per heavy atom. The molecule has 0 spiro atoms. The smallest absolute Gasteiger partial charge is 0.277 e. The van der Waals surface area contributed by atoms with E-state index >= 15 is 0 Å². The standard InChI is InChI=1S/C11H8BrF3N2O2S2/c1-6-4-9(20-10(6)12)21(18,19)17-7-2-3-8(16-5-7)11(13,14)15/h2-5,17H,1H3. The molecule has 0 aliphatic heterocycles. The van der Waals surface area contributed by atoms with E-state index in [0.717, 1.165) is 29.2 Å². The molecule has 0 aromatic carbocycles. The third kappa shape index (κ3) is 3.74. The molecule has 4 nitrogen and oxygen atoms in total. The Labute approximate surface area is 131 Å². The van der Waals surface area contributed by atoms with Gasteiger partial charge in [-0.25, -0.2) is 13.4 Å². The van der Waals surface area contributed by atoms with Crippen LogP contribution in [0.15, 0.2) is 32.4 Å². The number of aromatic nitrogens is 1. The molecule has 0 bridgehead atoms. The quantitative estimate of drug-likeness (QED) is 0.845. The predicted octanol–water partition coefficient (Wildman–Crippen LogP) is 4.03. The van der Waals surface area contributed by atoms with Crippen LogP contribution < -0.4 is 4.72 Å². The lowest BCUT2D eigenvalue weighted by Crippen LogP contribution is -2.13. The number of rotatable bonds is 3. The van der Waals surface area contributed by atoms with Gasteiger partial charge in [-0.15, -0.1) is 11.3 Å². The van der Waals surface area contributed by atoms with Crippen LogP contribution in [-0.4, -0.2) is 13.4 Å². The summed E-state index contributed by atoms with van der Waals surface area (Å²) in [5.74, 6) is 0. The summed E-state index contributed by atoms with van der Waals surface area (Å²) in [6.45, 7) is 1.74. The summed E-state index contributed by atoms with van der Waals surface area (Å²) in [5.41, 5.74) is -0.365. The minimum Gasteiger partial charge on any atom is -0.277 e. The number of halogens is 4. The van der Waals surface area contributed by atoms with Gasteiger partial charge in [0.25, 0.3) is 10.0 Å². The fourth-order valence-corrected chi connectivity index (χ4v) is 4.66. The second kappa shape index (κ2) is 5.58. The van der Waals surface area contributed by atoms with Crippen molar-refractivity contribution in [3.63, 3.8) is 0 Å². The zero-order valence-corrected chi connectivity index (χ0v) is 13.6. The van der Waals surface area contributed by atoms with Crippen LogP contribution in [0, 0.1) is 6.92 Å². The highest BCUT2D eigenvalue weighted by atomic mass is 79.9. The maximum Gasteiger partial charge on any atom is 0.433 e. The van der Waals surface area contributed by atoms with Gasteiger partial charge >= 0.3 is 6.18 Å². The Morgan fingerprint density at radius 3 is 2.43 bits per heavy atom. The van der Waals surface area contributed by atoms with Gasteiger partial charge in [-0.2, -0.15) is 13.2 Å². The number of sulfonamides is 1. The van der Waals surface area contributed by atoms with Gasteiger partial charge in [0.1, 0.15) is 9.90 Å². The van der Waals surface area contributed by atoms with E-state index in [2.05, 4.69) is 25.6 Å². The van der Waals surface area contributed by atoms with Crippen molar-refractivity contribution < 1.29 is 21.6 Å². The van der Waals surface area contributed by atoms with Crippen molar-refractivity contribution >= 4 is 43.0 Å². The van der Waals surface area contributed by atoms with E-state index in [0.29, 0.717) is 9.85 Å². The molecule has 1 N–H and O–H groups in total. The topological polar surface area (TPSA) is 59.1 Å². The number of thiophene rings is 1. The second-order valence-electron chi connectivity index (χ2n) is 4.06. The van der Waals surface area contributed by atoms with Crippen LogP contribution in [0.5, 0.6) is 0 Å². The summed E-state index contributed by atoms with van der Waals surface area (Å²) < 4.78 is 64.2. The summed E-state index contributed by atoms with van der Waals surface area (Å²) in [5, 5.41) is 0. The molecular weight excluding hydrogens is 393 g/mol. The summed E-state index contributed by atoms with van der Waals surface area (Å²) in [6, 6.07) is 3.20. The molecule has 2 heterocycles. The van der Waals surface area contributed by atoms with E-state index < -0.39 is 21.9 Å². The maximum absolute atomic E-state index is 12.4. The van der Waals surface area contributed by atoms with Crippen LogP contribution in [0.2, 0.25) is 0 Å². The molecule has 2 rings (SSSR count). The summed E-state index contributed by atoms with van der Waals surface area (Å²) >= 11 is 4.23. The van der Waals surface area contributed by atoms with Crippen LogP contribution in [0.4, 0.5) is 18.9 Å². The largest absolute Gasteiger partial charge is 0.433 e. The Hall–Kier alpha value is -1.13. The van der Waals surface area contributed by atoms with E-state index in [9.17, 15) is 21.6 Å². The van der Waals surface area contributed by atoms with Gasteiger partial charge in [-0.05, 0) is 46.6 Å². The SMILES string of the molecule is Cc1cc(S(=O)(=O)Nc2ccc(C(F)(F)F)nc2)sc1Br. The van der Waals surface area contributed by atoms with Crippen molar-refractivity contribution in [1.29, 1.82) is 0 Å². The molecule has 0 fully saturated rings. The van der Waals surface area contributed by atoms with E-state index in [1.54, 1.807) is 6.92 Å². The molecule has 114 valence electrons. The van der Waals surface area contributed by atoms with Crippen LogP contribution in [0.3, 0.4) is 0 Å². The van der Waals surface area contributed by atoms with Gasteiger partial charge in [0.05, 0.1) is 15.7 Å². The third-order valence-electron chi connectivity index (χ3n) is 2.41. The van der Waals surface area contributed by atoms with Crippen LogP contribution >= 0.6 is 27.3 Å². The minimum absolute atomic E-state index is 0.0369. The molecule has 0 saturated heterocycles. The lowest BCUT2D eigenvalue weighted by Gasteiger charge is -2.08. The lowest BCUT2D eigenvalue weighted by atomic mass is 10.3. The van der Waals surface area contributed by atoms with Crippen LogP contribution in [-0.2, 0) is 16.2 Å². The molecule has 2 aromatic rings. The fourth-order valence-electron chi connectivity index (χ4n) is 1.39. The number of hydrogen-bond donors (Lipinski definition) is 1. The second-order valence-corrected chi connectivity index (χ2v) is 8.34. The predicted molar refractivity (Wildman–Crippen MR) is 76.8 cm³/mol. The zero-order valence-electron chi connectivity index (χ0n) is 10.4. The van der Waals surface area contributed by atoms with E-state index in [1.807, 2.05) is 0 Å². The summed E-state index contributed by atoms with van der Waals surface area (Å²) in [7, 11) is -3.85. The number of anilines is 1. The fraction of sp³-hybridized carbons (Fsp3) is 0.182. The van der Waals surface area contributed by atoms with Crippen molar-refractivity contribution in [2.45, 2.75) is 17.3 Å². The van der Waals surface area contributed by atoms with Crippen molar-refractivity contribution in [2.24, 2.45) is 0 Å². The van der Waals surface area contributed by atoms with Crippen molar-refractivity contribution in [3.05, 3.63) is 39.4 Å². The molecule has 0 aliphatic rings. The Kier molecular flexibility index (Phi) is 4.31. The number of alkyl halides is 3. The molecule has 0 aliphatic carbocycles. The zero-order chi connectivity index (χ0) is 15.8. The Balaban J connectivity index is 2.25. The minimum atomic E-state index is -4.56. The molecule has 0 atom stereocenters. The molecule has 0 amide bonds. The number of nitrogens with zero attached hydrogens (tertiary/aromatic N) is 1. The van der Waals surface area contributed by atoms with Gasteiger partial charge in [0, 0.05) is 0 Å². The highest BCUT2D eigenvalue weighted by molar-refractivity contribution is 9.11. The number of aryl methyl sites for hydroxylation is 1. The summed E-state index contributed by atoms with van der Waals surface area (Å²) in [4.78, 5) is 3.19. The van der Waals surface area contributed by atoms with Gasteiger partial charge in [-0.3, -0.25) is 4.72 Å². The first-order valence-corrected chi connectivity index (χ1v) is 8.51. The molecule has 0 radical (unpaired) electrons. The molecule has 10 heteroatoms. The molecule has 0 saturated carbocycles. The lowest BCUT2D eigenvalue weighted by molar-refractivity contribution is -0.141. The number of hydrogen-bond acceptors (Lipinski definition) is 4. The average molecular weight is 401 g/mol. The Morgan fingerprint density at radius 2 is 2.00 bits per heavy atom.